The van der Waals surface area contributed by atoms with Crippen LogP contribution in [-0.4, -0.2) is 62.8 Å². The third-order valence-corrected chi connectivity index (χ3v) is 5.08. The van der Waals surface area contributed by atoms with Crippen LogP contribution in [-0.2, 0) is 10.0 Å². The first kappa shape index (κ1) is 11.3. The van der Waals surface area contributed by atoms with Gasteiger partial charge in [-0.2, -0.15) is 4.31 Å². The van der Waals surface area contributed by atoms with Crippen molar-refractivity contribution in [3.8, 4) is 0 Å². The molecule has 1 unspecified atom stereocenters. The second kappa shape index (κ2) is 4.37. The largest absolute Gasteiger partial charge is 0.314 e. The number of nitrogens with zero attached hydrogens (tertiary/aromatic N) is 2. The van der Waals surface area contributed by atoms with Crippen LogP contribution in [0.1, 0.15) is 12.8 Å². The summed E-state index contributed by atoms with van der Waals surface area (Å²) in [5, 5.41) is 3.13. The van der Waals surface area contributed by atoms with E-state index in [-0.39, 0.29) is 11.9 Å². The summed E-state index contributed by atoms with van der Waals surface area (Å²) in [5.74, 6) is 0.233. The summed E-state index contributed by atoms with van der Waals surface area (Å²) in [6.07, 6.45) is 2.16. The van der Waals surface area contributed by atoms with Crippen molar-refractivity contribution < 1.29 is 8.42 Å². The normalized spacial score (nSPS) is 34.1. The minimum Gasteiger partial charge on any atom is -0.314 e. The molecule has 88 valence electrons. The Morgan fingerprint density at radius 3 is 2.73 bits per heavy atom. The Bertz CT molecular complexity index is 317. The Morgan fingerprint density at radius 1 is 1.27 bits per heavy atom. The number of hydrogen-bond acceptors (Lipinski definition) is 4. The SMILES string of the molecule is CN1CCCC1N1CCNCCS1(=O)=O. The molecule has 2 fully saturated rings. The minimum absolute atomic E-state index is 0.0925. The fourth-order valence-corrected chi connectivity index (χ4v) is 4.01. The predicted octanol–water partition coefficient (Wildman–Crippen LogP) is -0.727. The van der Waals surface area contributed by atoms with E-state index in [0.29, 0.717) is 13.1 Å². The van der Waals surface area contributed by atoms with E-state index in [1.54, 1.807) is 4.31 Å². The maximum Gasteiger partial charge on any atom is 0.216 e. The molecule has 0 aromatic carbocycles. The standard InChI is InChI=1S/C9H19N3O2S/c1-11-6-2-3-9(11)12-7-4-10-5-8-15(12,13)14/h9-10H,2-8H2,1H3. The molecule has 6 heteroatoms. The lowest BCUT2D eigenvalue weighted by Gasteiger charge is -2.30. The Morgan fingerprint density at radius 2 is 2.07 bits per heavy atom. The fraction of sp³-hybridized carbons (Fsp3) is 1.00. The Hall–Kier alpha value is -0.170. The first-order valence-corrected chi connectivity index (χ1v) is 7.13. The predicted molar refractivity (Wildman–Crippen MR) is 59.0 cm³/mol. The molecule has 2 aliphatic rings. The number of rotatable bonds is 1. The van der Waals surface area contributed by atoms with Gasteiger partial charge in [0, 0.05) is 19.6 Å². The van der Waals surface area contributed by atoms with Crippen LogP contribution < -0.4 is 5.32 Å². The highest BCUT2D eigenvalue weighted by Gasteiger charge is 2.35. The average Bonchev–Trinajstić information content (AvgIpc) is 2.49. The van der Waals surface area contributed by atoms with Crippen LogP contribution in [0.2, 0.25) is 0 Å². The molecule has 15 heavy (non-hydrogen) atoms. The summed E-state index contributed by atoms with van der Waals surface area (Å²) < 4.78 is 25.7. The Kier molecular flexibility index (Phi) is 3.30. The van der Waals surface area contributed by atoms with Crippen LogP contribution in [0.15, 0.2) is 0 Å². The number of hydrogen-bond donors (Lipinski definition) is 1. The zero-order valence-electron chi connectivity index (χ0n) is 9.15. The number of likely N-dealkylation sites (tertiary alicyclic amines) is 1. The zero-order chi connectivity index (χ0) is 10.9. The number of sulfonamides is 1. The van der Waals surface area contributed by atoms with Crippen molar-refractivity contribution in [2.45, 2.75) is 19.0 Å². The maximum absolute atomic E-state index is 12.0. The second-order valence-electron chi connectivity index (χ2n) is 4.28. The van der Waals surface area contributed by atoms with Gasteiger partial charge >= 0.3 is 0 Å². The monoisotopic (exact) mass is 233 g/mol. The van der Waals surface area contributed by atoms with Crippen LogP contribution in [0, 0.1) is 0 Å². The first-order chi connectivity index (χ1) is 7.11. The van der Waals surface area contributed by atoms with Crippen molar-refractivity contribution in [2.24, 2.45) is 0 Å². The zero-order valence-corrected chi connectivity index (χ0v) is 9.96. The summed E-state index contributed by atoms with van der Waals surface area (Å²) >= 11 is 0. The molecular formula is C9H19N3O2S. The molecule has 0 amide bonds. The minimum atomic E-state index is -3.05. The molecule has 0 spiro atoms. The molecule has 2 aliphatic heterocycles. The van der Waals surface area contributed by atoms with Gasteiger partial charge in [0.1, 0.15) is 0 Å². The Labute approximate surface area is 91.5 Å². The van der Waals surface area contributed by atoms with E-state index < -0.39 is 10.0 Å². The summed E-state index contributed by atoms with van der Waals surface area (Å²) in [5.41, 5.74) is 0. The molecule has 0 saturated carbocycles. The van der Waals surface area contributed by atoms with Crippen molar-refractivity contribution >= 4 is 10.0 Å². The summed E-state index contributed by atoms with van der Waals surface area (Å²) in [6, 6.07) is 0. The van der Waals surface area contributed by atoms with Crippen molar-refractivity contribution in [3.05, 3.63) is 0 Å². The summed E-state index contributed by atoms with van der Waals surface area (Å²) in [4.78, 5) is 2.14. The summed E-state index contributed by atoms with van der Waals surface area (Å²) in [7, 11) is -1.04. The summed E-state index contributed by atoms with van der Waals surface area (Å²) in [6.45, 7) is 2.96. The van der Waals surface area contributed by atoms with E-state index in [0.717, 1.165) is 25.9 Å². The molecule has 0 aliphatic carbocycles. The van der Waals surface area contributed by atoms with Gasteiger partial charge in [0.05, 0.1) is 11.9 Å². The maximum atomic E-state index is 12.0. The molecule has 0 bridgehead atoms. The van der Waals surface area contributed by atoms with E-state index in [9.17, 15) is 8.42 Å². The lowest BCUT2D eigenvalue weighted by atomic mass is 10.3. The lowest BCUT2D eigenvalue weighted by Crippen LogP contribution is -2.47. The van der Waals surface area contributed by atoms with Crippen LogP contribution in [0.5, 0.6) is 0 Å². The second-order valence-corrected chi connectivity index (χ2v) is 6.32. The van der Waals surface area contributed by atoms with Gasteiger partial charge in [-0.25, -0.2) is 8.42 Å². The number of nitrogens with one attached hydrogen (secondary N) is 1. The van der Waals surface area contributed by atoms with Gasteiger partial charge in [0.25, 0.3) is 0 Å². The lowest BCUT2D eigenvalue weighted by molar-refractivity contribution is 0.174. The van der Waals surface area contributed by atoms with Crippen LogP contribution in [0.4, 0.5) is 0 Å². The van der Waals surface area contributed by atoms with Crippen molar-refractivity contribution in [3.63, 3.8) is 0 Å². The highest BCUT2D eigenvalue weighted by molar-refractivity contribution is 7.89. The third-order valence-electron chi connectivity index (χ3n) is 3.22. The topological polar surface area (TPSA) is 52.6 Å². The quantitative estimate of drug-likeness (QED) is 0.649. The van der Waals surface area contributed by atoms with E-state index in [4.69, 9.17) is 0 Å². The van der Waals surface area contributed by atoms with Gasteiger partial charge in [0.15, 0.2) is 0 Å². The molecule has 5 nitrogen and oxygen atoms in total. The smallest absolute Gasteiger partial charge is 0.216 e. The van der Waals surface area contributed by atoms with Crippen molar-refractivity contribution in [1.82, 2.24) is 14.5 Å². The molecule has 0 radical (unpaired) electrons. The molecule has 1 N–H and O–H groups in total. The molecule has 1 atom stereocenters. The molecule has 0 aromatic rings. The van der Waals surface area contributed by atoms with Gasteiger partial charge in [-0.1, -0.05) is 0 Å². The molecular weight excluding hydrogens is 214 g/mol. The van der Waals surface area contributed by atoms with Crippen LogP contribution >= 0.6 is 0 Å². The third kappa shape index (κ3) is 2.33. The van der Waals surface area contributed by atoms with E-state index in [1.807, 2.05) is 7.05 Å². The molecule has 2 heterocycles. The van der Waals surface area contributed by atoms with E-state index in [2.05, 4.69) is 10.2 Å². The average molecular weight is 233 g/mol. The molecule has 2 saturated heterocycles. The van der Waals surface area contributed by atoms with Crippen LogP contribution in [0.25, 0.3) is 0 Å². The van der Waals surface area contributed by atoms with Gasteiger partial charge in [0.2, 0.25) is 10.0 Å². The molecule has 0 aromatic heterocycles. The van der Waals surface area contributed by atoms with E-state index >= 15 is 0 Å². The highest BCUT2D eigenvalue weighted by atomic mass is 32.2. The van der Waals surface area contributed by atoms with Crippen molar-refractivity contribution in [1.29, 1.82) is 0 Å². The fourth-order valence-electron chi connectivity index (χ4n) is 2.36. The van der Waals surface area contributed by atoms with Gasteiger partial charge in [-0.3, -0.25) is 4.90 Å². The Balaban J connectivity index is 2.17. The van der Waals surface area contributed by atoms with E-state index in [1.165, 1.54) is 0 Å². The van der Waals surface area contributed by atoms with Gasteiger partial charge in [-0.05, 0) is 26.4 Å². The molecule has 2 rings (SSSR count). The first-order valence-electron chi connectivity index (χ1n) is 5.52. The van der Waals surface area contributed by atoms with Gasteiger partial charge in [-0.15, -0.1) is 0 Å². The highest BCUT2D eigenvalue weighted by Crippen LogP contribution is 2.22. The van der Waals surface area contributed by atoms with Crippen molar-refractivity contribution in [2.75, 3.05) is 39.0 Å². The van der Waals surface area contributed by atoms with Crippen LogP contribution in [0.3, 0.4) is 0 Å². The van der Waals surface area contributed by atoms with Gasteiger partial charge < -0.3 is 5.32 Å².